The molecule has 0 bridgehead atoms. The number of aliphatic hydroxyl groups is 1. The Kier molecular flexibility index (Phi) is 5.14. The van der Waals surface area contributed by atoms with Gasteiger partial charge in [-0.25, -0.2) is 0 Å². The molecule has 1 aromatic heterocycles. The first kappa shape index (κ1) is 14.3. The van der Waals surface area contributed by atoms with Gasteiger partial charge in [-0.2, -0.15) is 11.3 Å². The van der Waals surface area contributed by atoms with Crippen molar-refractivity contribution < 1.29 is 5.11 Å². The van der Waals surface area contributed by atoms with E-state index in [1.165, 1.54) is 5.56 Å². The van der Waals surface area contributed by atoms with Gasteiger partial charge < -0.3 is 10.4 Å². The Morgan fingerprint density at radius 1 is 1.11 bits per heavy atom. The molecule has 0 fully saturated rings. The molecule has 102 valence electrons. The number of aliphatic hydroxyl groups excluding tert-OH is 1. The highest BCUT2D eigenvalue weighted by atomic mass is 32.1. The summed E-state index contributed by atoms with van der Waals surface area (Å²) >= 11 is 1.62. The van der Waals surface area contributed by atoms with Gasteiger partial charge >= 0.3 is 0 Å². The second-order valence-corrected chi connectivity index (χ2v) is 5.89. The normalized spacial score (nSPS) is 14.5. The van der Waals surface area contributed by atoms with Gasteiger partial charge in [0.05, 0.1) is 6.10 Å². The highest BCUT2D eigenvalue weighted by molar-refractivity contribution is 7.07. The van der Waals surface area contributed by atoms with Gasteiger partial charge in [-0.05, 0) is 33.9 Å². The molecule has 3 heteroatoms. The molecule has 0 amide bonds. The average Bonchev–Trinajstić information content (AvgIpc) is 2.93. The fraction of sp³-hybridized carbons (Fsp3) is 0.375. The lowest BCUT2D eigenvalue weighted by molar-refractivity contribution is 0.166. The molecule has 0 aliphatic heterocycles. The quantitative estimate of drug-likeness (QED) is 0.841. The number of benzene rings is 1. The summed E-state index contributed by atoms with van der Waals surface area (Å²) < 4.78 is 0. The van der Waals surface area contributed by atoms with Crippen molar-refractivity contribution in [3.63, 3.8) is 0 Å². The number of rotatable bonds is 6. The van der Waals surface area contributed by atoms with Crippen molar-refractivity contribution >= 4 is 11.3 Å². The van der Waals surface area contributed by atoms with Crippen molar-refractivity contribution in [2.45, 2.75) is 26.0 Å². The van der Waals surface area contributed by atoms with E-state index in [1.807, 2.05) is 22.9 Å². The zero-order valence-corrected chi connectivity index (χ0v) is 12.2. The molecule has 2 N–H and O–H groups in total. The molecule has 0 radical (unpaired) electrons. The molecule has 2 nitrogen and oxygen atoms in total. The zero-order valence-electron chi connectivity index (χ0n) is 11.4. The summed E-state index contributed by atoms with van der Waals surface area (Å²) in [4.78, 5) is 0. The number of thiophene rings is 1. The van der Waals surface area contributed by atoms with Gasteiger partial charge in [-0.1, -0.05) is 44.2 Å². The Balaban J connectivity index is 1.98. The van der Waals surface area contributed by atoms with E-state index in [-0.39, 0.29) is 6.04 Å². The Morgan fingerprint density at radius 3 is 2.42 bits per heavy atom. The molecule has 0 aliphatic rings. The minimum Gasteiger partial charge on any atom is -0.387 e. The standard InChI is InChI=1S/C16H21NOS/c1-12(2)16(13-6-4-3-5-7-13)17-10-15(18)14-8-9-19-11-14/h3-9,11-12,15-18H,10H2,1-2H3. The summed E-state index contributed by atoms with van der Waals surface area (Å²) in [6.07, 6.45) is -0.434. The molecule has 0 aliphatic carbocycles. The van der Waals surface area contributed by atoms with Crippen LogP contribution in [0.15, 0.2) is 47.2 Å². The van der Waals surface area contributed by atoms with Crippen LogP contribution in [-0.4, -0.2) is 11.7 Å². The second-order valence-electron chi connectivity index (χ2n) is 5.11. The number of hydrogen-bond donors (Lipinski definition) is 2. The van der Waals surface area contributed by atoms with Crippen molar-refractivity contribution in [3.05, 3.63) is 58.3 Å². The Labute approximate surface area is 119 Å². The van der Waals surface area contributed by atoms with Crippen LogP contribution in [0.2, 0.25) is 0 Å². The Morgan fingerprint density at radius 2 is 1.84 bits per heavy atom. The van der Waals surface area contributed by atoms with Gasteiger partial charge in [0.25, 0.3) is 0 Å². The van der Waals surface area contributed by atoms with Crippen LogP contribution in [0.25, 0.3) is 0 Å². The fourth-order valence-corrected chi connectivity index (χ4v) is 2.93. The fourth-order valence-electron chi connectivity index (χ4n) is 2.22. The first-order valence-corrected chi connectivity index (χ1v) is 7.61. The lowest BCUT2D eigenvalue weighted by Gasteiger charge is -2.24. The van der Waals surface area contributed by atoms with E-state index in [4.69, 9.17) is 0 Å². The largest absolute Gasteiger partial charge is 0.387 e. The van der Waals surface area contributed by atoms with E-state index >= 15 is 0 Å². The van der Waals surface area contributed by atoms with Crippen LogP contribution in [0.5, 0.6) is 0 Å². The molecule has 2 atom stereocenters. The Hall–Kier alpha value is -1.16. The third-order valence-corrected chi connectivity index (χ3v) is 3.99. The van der Waals surface area contributed by atoms with Crippen molar-refractivity contribution in [1.29, 1.82) is 0 Å². The predicted molar refractivity (Wildman–Crippen MR) is 81.3 cm³/mol. The highest BCUT2D eigenvalue weighted by Crippen LogP contribution is 2.23. The second kappa shape index (κ2) is 6.85. The third kappa shape index (κ3) is 3.90. The summed E-state index contributed by atoms with van der Waals surface area (Å²) in [5, 5.41) is 17.6. The first-order chi connectivity index (χ1) is 9.18. The minimum atomic E-state index is -0.434. The molecular formula is C16H21NOS. The smallest absolute Gasteiger partial charge is 0.0922 e. The summed E-state index contributed by atoms with van der Waals surface area (Å²) in [6, 6.07) is 12.7. The van der Waals surface area contributed by atoms with Crippen LogP contribution in [0.3, 0.4) is 0 Å². The van der Waals surface area contributed by atoms with E-state index in [1.54, 1.807) is 11.3 Å². The molecule has 1 aromatic carbocycles. The van der Waals surface area contributed by atoms with Gasteiger partial charge in [0, 0.05) is 12.6 Å². The van der Waals surface area contributed by atoms with Gasteiger partial charge in [-0.3, -0.25) is 0 Å². The zero-order chi connectivity index (χ0) is 13.7. The molecule has 2 unspecified atom stereocenters. The van der Waals surface area contributed by atoms with Crippen LogP contribution in [0.1, 0.15) is 37.1 Å². The number of nitrogens with one attached hydrogen (secondary N) is 1. The molecule has 0 saturated heterocycles. The van der Waals surface area contributed by atoms with Crippen molar-refractivity contribution in [3.8, 4) is 0 Å². The monoisotopic (exact) mass is 275 g/mol. The van der Waals surface area contributed by atoms with E-state index in [0.717, 1.165) is 5.56 Å². The molecule has 2 aromatic rings. The Bertz CT molecular complexity index is 467. The van der Waals surface area contributed by atoms with Crippen molar-refractivity contribution in [1.82, 2.24) is 5.32 Å². The first-order valence-electron chi connectivity index (χ1n) is 6.67. The van der Waals surface area contributed by atoms with Gasteiger partial charge in [0.2, 0.25) is 0 Å². The van der Waals surface area contributed by atoms with Gasteiger partial charge in [0.15, 0.2) is 0 Å². The molecule has 19 heavy (non-hydrogen) atoms. The summed E-state index contributed by atoms with van der Waals surface area (Å²) in [6.45, 7) is 4.97. The molecular weight excluding hydrogens is 254 g/mol. The maximum absolute atomic E-state index is 10.1. The molecule has 0 spiro atoms. The molecule has 1 heterocycles. The minimum absolute atomic E-state index is 0.273. The SMILES string of the molecule is CC(C)C(NCC(O)c1ccsc1)c1ccccc1. The van der Waals surface area contributed by atoms with E-state index < -0.39 is 6.10 Å². The summed E-state index contributed by atoms with van der Waals surface area (Å²) in [5.41, 5.74) is 2.27. The van der Waals surface area contributed by atoms with E-state index in [9.17, 15) is 5.11 Å². The maximum atomic E-state index is 10.1. The van der Waals surface area contributed by atoms with Gasteiger partial charge in [-0.15, -0.1) is 0 Å². The maximum Gasteiger partial charge on any atom is 0.0922 e. The third-order valence-electron chi connectivity index (χ3n) is 3.28. The average molecular weight is 275 g/mol. The predicted octanol–water partition coefficient (Wildman–Crippen LogP) is 3.77. The van der Waals surface area contributed by atoms with Crippen LogP contribution < -0.4 is 5.32 Å². The molecule has 2 rings (SSSR count). The van der Waals surface area contributed by atoms with Crippen LogP contribution in [0, 0.1) is 5.92 Å². The summed E-state index contributed by atoms with van der Waals surface area (Å²) in [5.74, 6) is 0.483. The molecule has 0 saturated carbocycles. The van der Waals surface area contributed by atoms with E-state index in [0.29, 0.717) is 12.5 Å². The summed E-state index contributed by atoms with van der Waals surface area (Å²) in [7, 11) is 0. The van der Waals surface area contributed by atoms with Crippen molar-refractivity contribution in [2.24, 2.45) is 5.92 Å². The van der Waals surface area contributed by atoms with Crippen LogP contribution >= 0.6 is 11.3 Å². The van der Waals surface area contributed by atoms with E-state index in [2.05, 4.69) is 43.4 Å². The van der Waals surface area contributed by atoms with Crippen molar-refractivity contribution in [2.75, 3.05) is 6.54 Å². The lowest BCUT2D eigenvalue weighted by Crippen LogP contribution is -2.29. The highest BCUT2D eigenvalue weighted by Gasteiger charge is 2.17. The topological polar surface area (TPSA) is 32.3 Å². The van der Waals surface area contributed by atoms with Gasteiger partial charge in [0.1, 0.15) is 0 Å². The number of hydrogen-bond acceptors (Lipinski definition) is 3. The van der Waals surface area contributed by atoms with Crippen LogP contribution in [-0.2, 0) is 0 Å². The lowest BCUT2D eigenvalue weighted by atomic mass is 9.96. The van der Waals surface area contributed by atoms with Crippen LogP contribution in [0.4, 0.5) is 0 Å².